The van der Waals surface area contributed by atoms with Crippen LogP contribution in [0.3, 0.4) is 0 Å². The topological polar surface area (TPSA) is 72.3 Å². The molecule has 0 aliphatic rings. The van der Waals surface area contributed by atoms with E-state index in [9.17, 15) is 5.26 Å². The maximum absolute atomic E-state index is 11.6. The van der Waals surface area contributed by atoms with Crippen molar-refractivity contribution in [1.82, 2.24) is 24.1 Å². The van der Waals surface area contributed by atoms with Gasteiger partial charge in [-0.2, -0.15) is 5.26 Å². The summed E-state index contributed by atoms with van der Waals surface area (Å²) in [5.41, 5.74) is 19.6. The summed E-state index contributed by atoms with van der Waals surface area (Å²) in [7, 11) is 0. The molecule has 3 aromatic heterocycles. The molecule has 0 radical (unpaired) electrons. The molecule has 6 heteroatoms. The van der Waals surface area contributed by atoms with Gasteiger partial charge in [-0.15, -0.1) is 0 Å². The quantitative estimate of drug-likeness (QED) is 0.137. The average Bonchev–Trinajstić information content (AvgIpc) is 4.29. The fourth-order valence-corrected chi connectivity index (χ4v) is 11.9. The lowest BCUT2D eigenvalue weighted by Crippen LogP contribution is -2.05. The van der Waals surface area contributed by atoms with Gasteiger partial charge in [0, 0.05) is 49.4 Å². The highest BCUT2D eigenvalue weighted by Gasteiger charge is 2.25. The van der Waals surface area contributed by atoms with Crippen LogP contribution < -0.4 is 0 Å². The SMILES string of the molecule is N#Cc1cccc(-n2c3ccc(-c4ccccc4)cc3c3cc(-c4ccccc4)ccc32)c1-c1cc(-c2nc(-c3ccccc3)nc(-c3ccccc3)n2)ccc1-n1c2ccc(-c3ccccc3)cc2c2cc(-c3ccccc3)ccc21. The first-order chi connectivity index (χ1) is 40.6. The largest absolute Gasteiger partial charge is 0.309 e. The zero-order chi connectivity index (χ0) is 54.5. The molecule has 0 fully saturated rings. The zero-order valence-corrected chi connectivity index (χ0v) is 44.4. The van der Waals surface area contributed by atoms with Crippen LogP contribution in [0, 0.1) is 11.3 Å². The normalized spacial score (nSPS) is 11.4. The van der Waals surface area contributed by atoms with Crippen LogP contribution in [0.25, 0.3) is 145 Å². The average molecular weight is 1050 g/mol. The Balaban J connectivity index is 1.04. The van der Waals surface area contributed by atoms with Crippen LogP contribution in [0.5, 0.6) is 0 Å². The molecule has 0 aliphatic carbocycles. The van der Waals surface area contributed by atoms with Crippen LogP contribution in [-0.2, 0) is 0 Å². The van der Waals surface area contributed by atoms with Crippen LogP contribution in [0.4, 0.5) is 0 Å². The molecule has 382 valence electrons. The lowest BCUT2D eigenvalue weighted by Gasteiger charge is -2.21. The van der Waals surface area contributed by atoms with Crippen molar-refractivity contribution in [3.63, 3.8) is 0 Å². The van der Waals surface area contributed by atoms with E-state index in [1.54, 1.807) is 0 Å². The summed E-state index contributed by atoms with van der Waals surface area (Å²) < 4.78 is 4.74. The summed E-state index contributed by atoms with van der Waals surface area (Å²) in [5.74, 6) is 1.64. The van der Waals surface area contributed by atoms with E-state index in [1.165, 1.54) is 0 Å². The number of rotatable bonds is 10. The fraction of sp³-hybridized carbons (Fsp3) is 0. The molecule has 0 saturated heterocycles. The minimum Gasteiger partial charge on any atom is -0.309 e. The number of nitriles is 1. The molecule has 3 heterocycles. The van der Waals surface area contributed by atoms with Gasteiger partial charge in [-0.1, -0.05) is 212 Å². The van der Waals surface area contributed by atoms with E-state index in [1.807, 2.05) is 72.8 Å². The highest BCUT2D eigenvalue weighted by atomic mass is 15.0. The molecule has 0 amide bonds. The molecule has 82 heavy (non-hydrogen) atoms. The second kappa shape index (κ2) is 20.2. The molecular formula is C76H48N6. The lowest BCUT2D eigenvalue weighted by molar-refractivity contribution is 1.07. The number of fused-ring (bicyclic) bond motifs is 6. The van der Waals surface area contributed by atoms with E-state index in [4.69, 9.17) is 15.0 Å². The van der Waals surface area contributed by atoms with Gasteiger partial charge in [0.1, 0.15) is 0 Å². The van der Waals surface area contributed by atoms with E-state index in [2.05, 4.69) is 234 Å². The van der Waals surface area contributed by atoms with Crippen molar-refractivity contribution >= 4 is 43.6 Å². The Morgan fingerprint density at radius 1 is 0.256 bits per heavy atom. The van der Waals surface area contributed by atoms with Crippen molar-refractivity contribution < 1.29 is 0 Å². The van der Waals surface area contributed by atoms with Crippen molar-refractivity contribution in [3.05, 3.63) is 297 Å². The van der Waals surface area contributed by atoms with Crippen molar-refractivity contribution in [2.75, 3.05) is 0 Å². The number of hydrogen-bond acceptors (Lipinski definition) is 4. The third-order valence-electron chi connectivity index (χ3n) is 15.8. The molecule has 0 N–H and O–H groups in total. The van der Waals surface area contributed by atoms with Gasteiger partial charge in [0.2, 0.25) is 0 Å². The second-order valence-corrected chi connectivity index (χ2v) is 20.6. The lowest BCUT2D eigenvalue weighted by atomic mass is 9.94. The summed E-state index contributed by atoms with van der Waals surface area (Å²) >= 11 is 0. The predicted octanol–water partition coefficient (Wildman–Crippen LogP) is 19.3. The van der Waals surface area contributed by atoms with Crippen LogP contribution in [0.2, 0.25) is 0 Å². The Hall–Kier alpha value is -11.3. The molecule has 0 unspecified atom stereocenters. The second-order valence-electron chi connectivity index (χ2n) is 20.6. The first-order valence-corrected chi connectivity index (χ1v) is 27.6. The summed E-state index contributed by atoms with van der Waals surface area (Å²) in [6.45, 7) is 0. The highest BCUT2D eigenvalue weighted by molar-refractivity contribution is 6.14. The maximum atomic E-state index is 11.6. The Kier molecular flexibility index (Phi) is 11.8. The van der Waals surface area contributed by atoms with Gasteiger partial charge in [-0.25, -0.2) is 15.0 Å². The molecule has 0 spiro atoms. The summed E-state index contributed by atoms with van der Waals surface area (Å²) in [6, 6.07) is 105. The van der Waals surface area contributed by atoms with Gasteiger partial charge in [0.25, 0.3) is 0 Å². The van der Waals surface area contributed by atoms with Gasteiger partial charge in [-0.3, -0.25) is 0 Å². The summed E-state index contributed by atoms with van der Waals surface area (Å²) in [5, 5.41) is 16.0. The smallest absolute Gasteiger partial charge is 0.164 e. The van der Waals surface area contributed by atoms with Crippen molar-refractivity contribution in [3.8, 4) is 107 Å². The van der Waals surface area contributed by atoms with E-state index >= 15 is 0 Å². The van der Waals surface area contributed by atoms with Gasteiger partial charge in [0.15, 0.2) is 17.5 Å². The Labute approximate surface area is 474 Å². The van der Waals surface area contributed by atoms with Crippen molar-refractivity contribution in [2.45, 2.75) is 0 Å². The molecule has 12 aromatic carbocycles. The molecule has 0 aliphatic heterocycles. The monoisotopic (exact) mass is 1040 g/mol. The van der Waals surface area contributed by atoms with Crippen molar-refractivity contribution in [2.24, 2.45) is 0 Å². The third-order valence-corrected chi connectivity index (χ3v) is 15.8. The number of benzene rings is 12. The summed E-state index contributed by atoms with van der Waals surface area (Å²) in [6.07, 6.45) is 0. The minimum atomic E-state index is 0.512. The molecule has 15 aromatic rings. The zero-order valence-electron chi connectivity index (χ0n) is 44.4. The van der Waals surface area contributed by atoms with Gasteiger partial charge < -0.3 is 9.13 Å². The number of nitrogens with zero attached hydrogens (tertiary/aromatic N) is 6. The summed E-state index contributed by atoms with van der Waals surface area (Å²) in [4.78, 5) is 15.6. The standard InChI is InChI=1S/C76H48N6/c77-49-61-32-19-33-72(82-69-41-36-58(52-24-11-3-12-25-52)46-64(69)65-47-59(37-42-70(65)82)53-26-13-4-14-27-53)73(61)66-48-60(76-79-74(54-28-15-5-16-29-54)78-75(80-76)55-30-17-6-18-31-55)38-43-71(66)81-67-39-34-56(50-20-7-1-8-21-50)44-62(67)63-45-57(35-40-68(63)81)51-22-9-2-10-23-51/h1-48H. The molecule has 15 rings (SSSR count). The first kappa shape index (κ1) is 47.9. The molecule has 0 saturated carbocycles. The number of hydrogen-bond donors (Lipinski definition) is 0. The van der Waals surface area contributed by atoms with Crippen molar-refractivity contribution in [1.29, 1.82) is 5.26 Å². The van der Waals surface area contributed by atoms with Crippen LogP contribution in [0.1, 0.15) is 5.56 Å². The fourth-order valence-electron chi connectivity index (χ4n) is 11.9. The highest BCUT2D eigenvalue weighted by Crippen LogP contribution is 2.46. The van der Waals surface area contributed by atoms with Gasteiger partial charge in [-0.05, 0) is 123 Å². The van der Waals surface area contributed by atoms with Crippen LogP contribution in [-0.4, -0.2) is 24.1 Å². The first-order valence-electron chi connectivity index (χ1n) is 27.6. The maximum Gasteiger partial charge on any atom is 0.164 e. The third kappa shape index (κ3) is 8.40. The molecule has 0 bridgehead atoms. The Morgan fingerprint density at radius 2 is 0.573 bits per heavy atom. The molecular weight excluding hydrogens is 997 g/mol. The predicted molar refractivity (Wildman–Crippen MR) is 337 cm³/mol. The van der Waals surface area contributed by atoms with E-state index in [0.717, 1.165) is 127 Å². The molecule has 6 nitrogen and oxygen atoms in total. The molecule has 0 atom stereocenters. The van der Waals surface area contributed by atoms with E-state index in [-0.39, 0.29) is 0 Å². The van der Waals surface area contributed by atoms with E-state index < -0.39 is 0 Å². The van der Waals surface area contributed by atoms with E-state index in [0.29, 0.717) is 23.0 Å². The minimum absolute atomic E-state index is 0.512. The van der Waals surface area contributed by atoms with Crippen LogP contribution >= 0.6 is 0 Å². The number of aromatic nitrogens is 5. The Bertz CT molecular complexity index is 4700. The van der Waals surface area contributed by atoms with Gasteiger partial charge in [0.05, 0.1) is 45.1 Å². The van der Waals surface area contributed by atoms with Gasteiger partial charge >= 0.3 is 0 Å². The van der Waals surface area contributed by atoms with Crippen LogP contribution in [0.15, 0.2) is 291 Å². The Morgan fingerprint density at radius 3 is 0.927 bits per heavy atom.